The third-order valence-corrected chi connectivity index (χ3v) is 2.70. The number of unbranched alkanes of at least 4 members (excludes halogenated alkanes) is 2. The minimum atomic E-state index is -0.393. The predicted molar refractivity (Wildman–Crippen MR) is 76.9 cm³/mol. The normalized spacial score (nSPS) is 10.2. The smallest absolute Gasteiger partial charge is 0.275 e. The number of hydrogen-bond acceptors (Lipinski definition) is 4. The van der Waals surface area contributed by atoms with E-state index in [0.717, 1.165) is 37.9 Å². The summed E-state index contributed by atoms with van der Waals surface area (Å²) < 4.78 is 5.58. The van der Waals surface area contributed by atoms with Crippen molar-refractivity contribution in [3.63, 3.8) is 0 Å². The molecule has 0 heterocycles. The van der Waals surface area contributed by atoms with Gasteiger partial charge in [-0.05, 0) is 12.8 Å². The van der Waals surface area contributed by atoms with Crippen LogP contribution in [0.2, 0.25) is 0 Å². The molecule has 106 valence electrons. The van der Waals surface area contributed by atoms with Crippen molar-refractivity contribution in [2.24, 2.45) is 0 Å². The molecule has 0 aromatic heterocycles. The monoisotopic (exact) mass is 266 g/mol. The summed E-state index contributed by atoms with van der Waals surface area (Å²) in [6.45, 7) is 5.56. The lowest BCUT2D eigenvalue weighted by Gasteiger charge is -2.09. The number of anilines is 1. The van der Waals surface area contributed by atoms with Crippen molar-refractivity contribution in [3.05, 3.63) is 28.3 Å². The number of hydrogen-bond donors (Lipinski definition) is 1. The summed E-state index contributed by atoms with van der Waals surface area (Å²) in [5, 5.41) is 14.0. The Morgan fingerprint density at radius 1 is 1.21 bits per heavy atom. The maximum atomic E-state index is 10.9. The molecule has 5 heteroatoms. The second-order valence-electron chi connectivity index (χ2n) is 4.46. The zero-order valence-corrected chi connectivity index (χ0v) is 11.6. The first-order valence-corrected chi connectivity index (χ1v) is 6.83. The Labute approximate surface area is 114 Å². The lowest BCUT2D eigenvalue weighted by molar-refractivity contribution is -0.384. The highest BCUT2D eigenvalue weighted by atomic mass is 16.6. The average Bonchev–Trinajstić information content (AvgIpc) is 2.41. The lowest BCUT2D eigenvalue weighted by atomic mass is 10.2. The fourth-order valence-electron chi connectivity index (χ4n) is 1.69. The van der Waals surface area contributed by atoms with Gasteiger partial charge in [0.25, 0.3) is 5.69 Å². The molecule has 0 saturated carbocycles. The first-order chi connectivity index (χ1) is 9.17. The van der Waals surface area contributed by atoms with Gasteiger partial charge in [-0.3, -0.25) is 10.1 Å². The van der Waals surface area contributed by atoms with Crippen LogP contribution in [-0.4, -0.2) is 18.1 Å². The molecule has 0 saturated heterocycles. The van der Waals surface area contributed by atoms with Crippen LogP contribution in [0.15, 0.2) is 18.2 Å². The Bertz CT molecular complexity index is 408. The van der Waals surface area contributed by atoms with Crippen LogP contribution in [0, 0.1) is 10.1 Å². The molecule has 0 aliphatic rings. The van der Waals surface area contributed by atoms with Gasteiger partial charge in [0.1, 0.15) is 5.75 Å². The number of ether oxygens (including phenoxy) is 1. The highest BCUT2D eigenvalue weighted by molar-refractivity contribution is 5.56. The number of nitro groups is 1. The van der Waals surface area contributed by atoms with Crippen LogP contribution in [0.1, 0.15) is 39.5 Å². The van der Waals surface area contributed by atoms with Gasteiger partial charge in [0.05, 0.1) is 17.6 Å². The molecular weight excluding hydrogens is 244 g/mol. The number of non-ortho nitro benzene ring substituents is 1. The van der Waals surface area contributed by atoms with E-state index in [-0.39, 0.29) is 5.69 Å². The van der Waals surface area contributed by atoms with Gasteiger partial charge in [-0.2, -0.15) is 0 Å². The van der Waals surface area contributed by atoms with Crippen LogP contribution in [0.3, 0.4) is 0 Å². The standard InChI is InChI=1S/C14H22N2O3/c1-3-5-6-8-19-14-10-12(15-7-4-2)9-13(11-14)16(17)18/h9-11,15H,3-8H2,1-2H3. The number of benzene rings is 1. The van der Waals surface area contributed by atoms with Crippen LogP contribution >= 0.6 is 0 Å². The molecule has 19 heavy (non-hydrogen) atoms. The average molecular weight is 266 g/mol. The Balaban J connectivity index is 2.72. The molecule has 0 bridgehead atoms. The fraction of sp³-hybridized carbons (Fsp3) is 0.571. The van der Waals surface area contributed by atoms with E-state index >= 15 is 0 Å². The van der Waals surface area contributed by atoms with Crippen LogP contribution < -0.4 is 10.1 Å². The minimum Gasteiger partial charge on any atom is -0.493 e. The highest BCUT2D eigenvalue weighted by Crippen LogP contribution is 2.26. The van der Waals surface area contributed by atoms with Crippen LogP contribution in [-0.2, 0) is 0 Å². The summed E-state index contributed by atoms with van der Waals surface area (Å²) in [5.74, 6) is 0.559. The Kier molecular flexibility index (Phi) is 6.71. The molecular formula is C14H22N2O3. The van der Waals surface area contributed by atoms with Gasteiger partial charge in [-0.1, -0.05) is 26.7 Å². The van der Waals surface area contributed by atoms with Crippen LogP contribution in [0.25, 0.3) is 0 Å². The molecule has 1 aromatic rings. The zero-order chi connectivity index (χ0) is 14.1. The van der Waals surface area contributed by atoms with Crippen molar-refractivity contribution in [2.75, 3.05) is 18.5 Å². The van der Waals surface area contributed by atoms with E-state index in [2.05, 4.69) is 12.2 Å². The largest absolute Gasteiger partial charge is 0.493 e. The molecule has 1 aromatic carbocycles. The Morgan fingerprint density at radius 2 is 2.00 bits per heavy atom. The van der Waals surface area contributed by atoms with Crippen LogP contribution in [0.5, 0.6) is 5.75 Å². The number of nitro benzene ring substituents is 1. The molecule has 5 nitrogen and oxygen atoms in total. The number of rotatable bonds is 9. The summed E-state index contributed by atoms with van der Waals surface area (Å²) >= 11 is 0. The van der Waals surface area contributed by atoms with Crippen molar-refractivity contribution in [1.29, 1.82) is 0 Å². The maximum Gasteiger partial charge on any atom is 0.275 e. The second kappa shape index (κ2) is 8.34. The van der Waals surface area contributed by atoms with Crippen molar-refractivity contribution in [2.45, 2.75) is 39.5 Å². The lowest BCUT2D eigenvalue weighted by Crippen LogP contribution is -2.02. The van der Waals surface area contributed by atoms with Crippen molar-refractivity contribution in [3.8, 4) is 5.75 Å². The van der Waals surface area contributed by atoms with Crippen LogP contribution in [0.4, 0.5) is 11.4 Å². The zero-order valence-electron chi connectivity index (χ0n) is 11.6. The molecule has 0 radical (unpaired) electrons. The Hall–Kier alpha value is -1.78. The molecule has 0 aliphatic carbocycles. The van der Waals surface area contributed by atoms with Crippen molar-refractivity contribution >= 4 is 11.4 Å². The maximum absolute atomic E-state index is 10.9. The summed E-state index contributed by atoms with van der Waals surface area (Å²) in [7, 11) is 0. The first kappa shape index (κ1) is 15.3. The molecule has 0 fully saturated rings. The van der Waals surface area contributed by atoms with E-state index in [0.29, 0.717) is 12.4 Å². The van der Waals surface area contributed by atoms with E-state index in [9.17, 15) is 10.1 Å². The molecule has 0 aliphatic heterocycles. The van der Waals surface area contributed by atoms with E-state index in [4.69, 9.17) is 4.74 Å². The third-order valence-electron chi connectivity index (χ3n) is 2.70. The third kappa shape index (κ3) is 5.59. The minimum absolute atomic E-state index is 0.0617. The summed E-state index contributed by atoms with van der Waals surface area (Å²) in [6, 6.07) is 4.83. The quantitative estimate of drug-likeness (QED) is 0.417. The van der Waals surface area contributed by atoms with Crippen molar-refractivity contribution in [1.82, 2.24) is 0 Å². The highest BCUT2D eigenvalue weighted by Gasteiger charge is 2.10. The van der Waals surface area contributed by atoms with E-state index < -0.39 is 4.92 Å². The molecule has 0 unspecified atom stereocenters. The summed E-state index contributed by atoms with van der Waals surface area (Å²) in [6.07, 6.45) is 4.17. The second-order valence-corrected chi connectivity index (χ2v) is 4.46. The van der Waals surface area contributed by atoms with Gasteiger partial charge < -0.3 is 10.1 Å². The fourth-order valence-corrected chi connectivity index (χ4v) is 1.69. The van der Waals surface area contributed by atoms with Gasteiger partial charge in [0, 0.05) is 24.4 Å². The molecule has 0 amide bonds. The van der Waals surface area contributed by atoms with Gasteiger partial charge in [-0.25, -0.2) is 0 Å². The number of nitrogens with one attached hydrogen (secondary N) is 1. The SMILES string of the molecule is CCCCCOc1cc(NCCC)cc([N+](=O)[O-])c1. The topological polar surface area (TPSA) is 64.4 Å². The summed E-state index contributed by atoms with van der Waals surface area (Å²) in [5.41, 5.74) is 0.799. The van der Waals surface area contributed by atoms with Gasteiger partial charge in [0.15, 0.2) is 0 Å². The number of nitrogens with zero attached hydrogens (tertiary/aromatic N) is 1. The van der Waals surface area contributed by atoms with E-state index in [1.54, 1.807) is 0 Å². The van der Waals surface area contributed by atoms with Gasteiger partial charge in [-0.15, -0.1) is 0 Å². The van der Waals surface area contributed by atoms with Crippen molar-refractivity contribution < 1.29 is 9.66 Å². The molecule has 0 spiro atoms. The summed E-state index contributed by atoms with van der Waals surface area (Å²) in [4.78, 5) is 10.5. The van der Waals surface area contributed by atoms with E-state index in [1.807, 2.05) is 13.0 Å². The molecule has 1 rings (SSSR count). The first-order valence-electron chi connectivity index (χ1n) is 6.83. The molecule has 1 N–H and O–H groups in total. The van der Waals surface area contributed by atoms with Gasteiger partial charge >= 0.3 is 0 Å². The Morgan fingerprint density at radius 3 is 2.63 bits per heavy atom. The van der Waals surface area contributed by atoms with E-state index in [1.165, 1.54) is 12.1 Å². The van der Waals surface area contributed by atoms with Gasteiger partial charge in [0.2, 0.25) is 0 Å². The predicted octanol–water partition coefficient (Wildman–Crippen LogP) is 3.99. The molecule has 0 atom stereocenters.